The molecular weight excluding hydrogens is 374 g/mol. The van der Waals surface area contributed by atoms with Crippen LogP contribution in [0.2, 0.25) is 0 Å². The fourth-order valence-electron chi connectivity index (χ4n) is 3.01. The molecule has 0 atom stereocenters. The molecule has 9 nitrogen and oxygen atoms in total. The van der Waals surface area contributed by atoms with Crippen molar-refractivity contribution >= 4 is 16.9 Å². The Morgan fingerprint density at radius 2 is 1.97 bits per heavy atom. The smallest absolute Gasteiger partial charge is 0.329 e. The summed E-state index contributed by atoms with van der Waals surface area (Å²) in [5, 5.41) is 2.79. The van der Waals surface area contributed by atoms with Crippen LogP contribution in [0.4, 0.5) is 0 Å². The Balaban J connectivity index is 1.62. The molecule has 29 heavy (non-hydrogen) atoms. The number of H-pyrrole nitrogens is 1. The summed E-state index contributed by atoms with van der Waals surface area (Å²) in [4.78, 5) is 47.7. The van der Waals surface area contributed by atoms with Crippen molar-refractivity contribution in [3.05, 3.63) is 80.5 Å². The number of carbonyl (C=O) groups excluding carboxylic acids is 1. The van der Waals surface area contributed by atoms with Gasteiger partial charge in [-0.3, -0.25) is 19.1 Å². The SMILES string of the molecule is Cc1cc(C(=O)NCc2coc(-c3ccccc3)n2)c2c(=O)[nH]c(=O)n(C)c2n1. The van der Waals surface area contributed by atoms with Gasteiger partial charge in [0.25, 0.3) is 11.5 Å². The standard InChI is InChI=1S/C20H17N5O4/c1-11-8-14(15-16(22-11)25(2)20(28)24-18(15)27)17(26)21-9-13-10-29-19(23-13)12-6-4-3-5-7-12/h3-8,10H,9H2,1-2H3,(H,21,26)(H,24,27,28). The fraction of sp³-hybridized carbons (Fsp3) is 0.150. The van der Waals surface area contributed by atoms with Gasteiger partial charge < -0.3 is 9.73 Å². The van der Waals surface area contributed by atoms with E-state index in [0.717, 1.165) is 5.56 Å². The Kier molecular flexibility index (Phi) is 4.55. The average molecular weight is 391 g/mol. The molecule has 0 aliphatic rings. The molecule has 0 unspecified atom stereocenters. The van der Waals surface area contributed by atoms with E-state index < -0.39 is 17.2 Å². The van der Waals surface area contributed by atoms with Crippen LogP contribution in [0.25, 0.3) is 22.5 Å². The van der Waals surface area contributed by atoms with E-state index in [2.05, 4.69) is 20.3 Å². The lowest BCUT2D eigenvalue weighted by atomic mass is 10.1. The minimum atomic E-state index is -0.659. The summed E-state index contributed by atoms with van der Waals surface area (Å²) in [7, 11) is 1.48. The molecule has 3 aromatic heterocycles. The van der Waals surface area contributed by atoms with E-state index in [1.165, 1.54) is 23.9 Å². The van der Waals surface area contributed by atoms with Crippen molar-refractivity contribution in [3.8, 4) is 11.5 Å². The molecule has 0 radical (unpaired) electrons. The topological polar surface area (TPSA) is 123 Å². The molecule has 1 amide bonds. The molecule has 9 heteroatoms. The van der Waals surface area contributed by atoms with Gasteiger partial charge in [-0.25, -0.2) is 14.8 Å². The quantitative estimate of drug-likeness (QED) is 0.544. The van der Waals surface area contributed by atoms with Gasteiger partial charge in [-0.15, -0.1) is 0 Å². The van der Waals surface area contributed by atoms with Crippen molar-refractivity contribution in [3.63, 3.8) is 0 Å². The number of hydrogen-bond acceptors (Lipinski definition) is 6. The summed E-state index contributed by atoms with van der Waals surface area (Å²) in [5.74, 6) is -0.0274. The van der Waals surface area contributed by atoms with Gasteiger partial charge in [-0.2, -0.15) is 0 Å². The number of aryl methyl sites for hydroxylation is 2. The molecule has 4 aromatic rings. The molecular formula is C20H17N5O4. The molecule has 4 rings (SSSR count). The van der Waals surface area contributed by atoms with Crippen LogP contribution in [-0.4, -0.2) is 25.4 Å². The largest absolute Gasteiger partial charge is 0.444 e. The van der Waals surface area contributed by atoms with E-state index in [-0.39, 0.29) is 23.1 Å². The number of fused-ring (bicyclic) bond motifs is 1. The minimum Gasteiger partial charge on any atom is -0.444 e. The normalized spacial score (nSPS) is 11.0. The molecule has 0 aliphatic heterocycles. The van der Waals surface area contributed by atoms with Crippen molar-refractivity contribution in [1.29, 1.82) is 0 Å². The molecule has 1 aromatic carbocycles. The summed E-state index contributed by atoms with van der Waals surface area (Å²) in [6, 6.07) is 10.9. The second-order valence-electron chi connectivity index (χ2n) is 6.52. The van der Waals surface area contributed by atoms with Gasteiger partial charge in [0.05, 0.1) is 23.2 Å². The number of pyridine rings is 1. The second kappa shape index (κ2) is 7.19. The Bertz CT molecular complexity index is 1330. The number of aromatic nitrogens is 4. The fourth-order valence-corrected chi connectivity index (χ4v) is 3.01. The molecule has 2 N–H and O–H groups in total. The summed E-state index contributed by atoms with van der Waals surface area (Å²) < 4.78 is 6.66. The van der Waals surface area contributed by atoms with Crippen LogP contribution >= 0.6 is 0 Å². The minimum absolute atomic E-state index is 0.0559. The number of hydrogen-bond donors (Lipinski definition) is 2. The molecule has 0 bridgehead atoms. The van der Waals surface area contributed by atoms with Gasteiger partial charge >= 0.3 is 5.69 Å². The lowest BCUT2D eigenvalue weighted by molar-refractivity contribution is 0.0952. The van der Waals surface area contributed by atoms with E-state index in [0.29, 0.717) is 17.3 Å². The average Bonchev–Trinajstić information content (AvgIpc) is 3.19. The monoisotopic (exact) mass is 391 g/mol. The lowest BCUT2D eigenvalue weighted by Crippen LogP contribution is -2.32. The Labute approximate surface area is 164 Å². The van der Waals surface area contributed by atoms with Gasteiger partial charge in [-0.1, -0.05) is 18.2 Å². The van der Waals surface area contributed by atoms with Crippen LogP contribution in [-0.2, 0) is 13.6 Å². The van der Waals surface area contributed by atoms with E-state index >= 15 is 0 Å². The van der Waals surface area contributed by atoms with Crippen LogP contribution in [0.5, 0.6) is 0 Å². The van der Waals surface area contributed by atoms with Crippen LogP contribution in [0, 0.1) is 6.92 Å². The van der Waals surface area contributed by atoms with Crippen molar-refractivity contribution in [1.82, 2.24) is 24.8 Å². The van der Waals surface area contributed by atoms with E-state index in [4.69, 9.17) is 4.42 Å². The highest BCUT2D eigenvalue weighted by molar-refractivity contribution is 6.05. The van der Waals surface area contributed by atoms with Gasteiger partial charge in [0.1, 0.15) is 11.9 Å². The third-order valence-electron chi connectivity index (χ3n) is 4.45. The van der Waals surface area contributed by atoms with Crippen molar-refractivity contribution < 1.29 is 9.21 Å². The first-order valence-corrected chi connectivity index (χ1v) is 8.82. The first kappa shape index (κ1) is 18.4. The summed E-state index contributed by atoms with van der Waals surface area (Å²) >= 11 is 0. The molecule has 0 saturated heterocycles. The maximum atomic E-state index is 12.8. The van der Waals surface area contributed by atoms with E-state index in [1.807, 2.05) is 30.3 Å². The van der Waals surface area contributed by atoms with Gasteiger partial charge in [0.15, 0.2) is 0 Å². The molecule has 0 spiro atoms. The van der Waals surface area contributed by atoms with Crippen LogP contribution in [0.1, 0.15) is 21.7 Å². The summed E-state index contributed by atoms with van der Waals surface area (Å²) in [5.41, 5.74) is 0.905. The Hall–Kier alpha value is -4.01. The number of benzene rings is 1. The maximum absolute atomic E-state index is 12.8. The predicted octanol–water partition coefficient (Wildman–Crippen LogP) is 1.52. The van der Waals surface area contributed by atoms with Crippen LogP contribution < -0.4 is 16.6 Å². The van der Waals surface area contributed by atoms with Crippen LogP contribution in [0.3, 0.4) is 0 Å². The summed E-state index contributed by atoms with van der Waals surface area (Å²) in [6.07, 6.45) is 1.47. The Morgan fingerprint density at radius 3 is 2.72 bits per heavy atom. The first-order chi connectivity index (χ1) is 13.9. The zero-order valence-corrected chi connectivity index (χ0v) is 15.7. The third-order valence-corrected chi connectivity index (χ3v) is 4.45. The number of oxazole rings is 1. The molecule has 0 aliphatic carbocycles. The highest BCUT2D eigenvalue weighted by Crippen LogP contribution is 2.18. The third kappa shape index (κ3) is 3.45. The number of aromatic amines is 1. The Morgan fingerprint density at radius 1 is 1.21 bits per heavy atom. The van der Waals surface area contributed by atoms with E-state index in [9.17, 15) is 14.4 Å². The van der Waals surface area contributed by atoms with Crippen molar-refractivity contribution in [2.45, 2.75) is 13.5 Å². The zero-order valence-electron chi connectivity index (χ0n) is 15.7. The highest BCUT2D eigenvalue weighted by Gasteiger charge is 2.18. The number of carbonyl (C=O) groups is 1. The zero-order chi connectivity index (χ0) is 20.5. The van der Waals surface area contributed by atoms with Gasteiger partial charge in [0.2, 0.25) is 5.89 Å². The maximum Gasteiger partial charge on any atom is 0.329 e. The number of nitrogens with one attached hydrogen (secondary N) is 2. The molecule has 3 heterocycles. The number of rotatable bonds is 4. The second-order valence-corrected chi connectivity index (χ2v) is 6.52. The van der Waals surface area contributed by atoms with Crippen molar-refractivity contribution in [2.24, 2.45) is 7.05 Å². The van der Waals surface area contributed by atoms with Crippen LogP contribution in [0.15, 0.2) is 56.7 Å². The van der Waals surface area contributed by atoms with Gasteiger partial charge in [0, 0.05) is 18.3 Å². The predicted molar refractivity (Wildman–Crippen MR) is 105 cm³/mol. The lowest BCUT2D eigenvalue weighted by Gasteiger charge is -2.09. The summed E-state index contributed by atoms with van der Waals surface area (Å²) in [6.45, 7) is 1.80. The molecule has 0 saturated carbocycles. The molecule has 0 fully saturated rings. The number of nitrogens with zero attached hydrogens (tertiary/aromatic N) is 3. The first-order valence-electron chi connectivity index (χ1n) is 8.82. The van der Waals surface area contributed by atoms with E-state index in [1.54, 1.807) is 6.92 Å². The van der Waals surface area contributed by atoms with Crippen molar-refractivity contribution in [2.75, 3.05) is 0 Å². The highest BCUT2D eigenvalue weighted by atomic mass is 16.3. The number of amides is 1. The molecule has 146 valence electrons. The van der Waals surface area contributed by atoms with Gasteiger partial charge in [-0.05, 0) is 25.1 Å².